The van der Waals surface area contributed by atoms with Gasteiger partial charge in [-0.3, -0.25) is 4.79 Å². The standard InChI is InChI=1S/C14H16BrFO3/c1-2-19-14(6-8-18-9-7-14)13(17)10-4-3-5-11(15)12(10)16/h3-5H,2,6-9H2,1H3. The Morgan fingerprint density at radius 2 is 2.16 bits per heavy atom. The fraction of sp³-hybridized carbons (Fsp3) is 0.500. The molecule has 0 atom stereocenters. The van der Waals surface area contributed by atoms with Crippen LogP contribution in [-0.4, -0.2) is 31.2 Å². The van der Waals surface area contributed by atoms with Crippen LogP contribution in [0.2, 0.25) is 0 Å². The Bertz CT molecular complexity index is 464. The predicted molar refractivity (Wildman–Crippen MR) is 72.8 cm³/mol. The highest BCUT2D eigenvalue weighted by Gasteiger charge is 2.42. The number of carbonyl (C=O) groups is 1. The largest absolute Gasteiger partial charge is 0.381 e. The van der Waals surface area contributed by atoms with E-state index in [4.69, 9.17) is 9.47 Å². The minimum Gasteiger partial charge on any atom is -0.381 e. The number of benzene rings is 1. The first-order valence-corrected chi connectivity index (χ1v) is 7.10. The molecule has 0 amide bonds. The van der Waals surface area contributed by atoms with E-state index >= 15 is 0 Å². The Balaban J connectivity index is 2.36. The average Bonchev–Trinajstić information content (AvgIpc) is 2.42. The number of hydrogen-bond acceptors (Lipinski definition) is 3. The fourth-order valence-electron chi connectivity index (χ4n) is 2.34. The molecule has 1 aromatic carbocycles. The molecule has 3 nitrogen and oxygen atoms in total. The molecule has 1 aliphatic rings. The van der Waals surface area contributed by atoms with Crippen molar-refractivity contribution in [1.29, 1.82) is 0 Å². The first-order chi connectivity index (χ1) is 9.10. The summed E-state index contributed by atoms with van der Waals surface area (Å²) in [4.78, 5) is 12.6. The van der Waals surface area contributed by atoms with Gasteiger partial charge in [-0.1, -0.05) is 6.07 Å². The summed E-state index contributed by atoms with van der Waals surface area (Å²) < 4.78 is 25.3. The van der Waals surface area contributed by atoms with Crippen LogP contribution in [0.15, 0.2) is 22.7 Å². The van der Waals surface area contributed by atoms with E-state index in [2.05, 4.69) is 15.9 Å². The van der Waals surface area contributed by atoms with Gasteiger partial charge in [0.25, 0.3) is 0 Å². The fourth-order valence-corrected chi connectivity index (χ4v) is 2.71. The summed E-state index contributed by atoms with van der Waals surface area (Å²) >= 11 is 3.10. The van der Waals surface area contributed by atoms with Crippen LogP contribution in [0.25, 0.3) is 0 Å². The quantitative estimate of drug-likeness (QED) is 0.794. The highest BCUT2D eigenvalue weighted by Crippen LogP contribution is 2.31. The summed E-state index contributed by atoms with van der Waals surface area (Å²) in [7, 11) is 0. The Kier molecular flexibility index (Phi) is 4.71. The van der Waals surface area contributed by atoms with Crippen molar-refractivity contribution in [3.05, 3.63) is 34.1 Å². The van der Waals surface area contributed by atoms with Crippen molar-refractivity contribution >= 4 is 21.7 Å². The van der Waals surface area contributed by atoms with Crippen LogP contribution in [0.1, 0.15) is 30.1 Å². The third-order valence-corrected chi connectivity index (χ3v) is 3.94. The first-order valence-electron chi connectivity index (χ1n) is 6.31. The number of rotatable bonds is 4. The molecule has 1 saturated heterocycles. The van der Waals surface area contributed by atoms with Crippen molar-refractivity contribution < 1.29 is 18.7 Å². The summed E-state index contributed by atoms with van der Waals surface area (Å²) in [6, 6.07) is 4.72. The molecule has 19 heavy (non-hydrogen) atoms. The Labute approximate surface area is 120 Å². The van der Waals surface area contributed by atoms with Gasteiger partial charge in [0.1, 0.15) is 11.4 Å². The molecule has 1 fully saturated rings. The maximum atomic E-state index is 14.1. The average molecular weight is 331 g/mol. The van der Waals surface area contributed by atoms with Crippen LogP contribution in [0, 0.1) is 5.82 Å². The summed E-state index contributed by atoms with van der Waals surface area (Å²) in [6.07, 6.45) is 0.928. The van der Waals surface area contributed by atoms with Crippen LogP contribution in [-0.2, 0) is 9.47 Å². The van der Waals surface area contributed by atoms with Crippen LogP contribution >= 0.6 is 15.9 Å². The van der Waals surface area contributed by atoms with E-state index in [0.29, 0.717) is 32.7 Å². The van der Waals surface area contributed by atoms with E-state index in [1.165, 1.54) is 6.07 Å². The number of ether oxygens (including phenoxy) is 2. The van der Waals surface area contributed by atoms with Gasteiger partial charge in [0.05, 0.1) is 10.0 Å². The maximum absolute atomic E-state index is 14.1. The van der Waals surface area contributed by atoms with Gasteiger partial charge in [0.2, 0.25) is 0 Å². The number of carbonyl (C=O) groups excluding carboxylic acids is 1. The van der Waals surface area contributed by atoms with Gasteiger partial charge in [-0.2, -0.15) is 0 Å². The lowest BCUT2D eigenvalue weighted by Gasteiger charge is -2.35. The third kappa shape index (κ3) is 2.88. The lowest BCUT2D eigenvalue weighted by atomic mass is 9.85. The highest BCUT2D eigenvalue weighted by molar-refractivity contribution is 9.10. The van der Waals surface area contributed by atoms with Crippen molar-refractivity contribution in [3.63, 3.8) is 0 Å². The van der Waals surface area contributed by atoms with Crippen molar-refractivity contribution in [3.8, 4) is 0 Å². The molecule has 0 aromatic heterocycles. The molecule has 5 heteroatoms. The Morgan fingerprint density at radius 3 is 2.79 bits per heavy atom. The van der Waals surface area contributed by atoms with Gasteiger partial charge in [-0.25, -0.2) is 4.39 Å². The van der Waals surface area contributed by atoms with Crippen LogP contribution < -0.4 is 0 Å². The molecule has 0 unspecified atom stereocenters. The van der Waals surface area contributed by atoms with E-state index in [1.54, 1.807) is 12.1 Å². The topological polar surface area (TPSA) is 35.5 Å². The number of hydrogen-bond donors (Lipinski definition) is 0. The zero-order valence-corrected chi connectivity index (χ0v) is 12.3. The van der Waals surface area contributed by atoms with Gasteiger partial charge in [-0.15, -0.1) is 0 Å². The molecule has 1 heterocycles. The smallest absolute Gasteiger partial charge is 0.197 e. The molecule has 0 saturated carbocycles. The summed E-state index contributed by atoms with van der Waals surface area (Å²) in [5.74, 6) is -0.825. The summed E-state index contributed by atoms with van der Waals surface area (Å²) in [5.41, 5.74) is -0.876. The van der Waals surface area contributed by atoms with Crippen LogP contribution in [0.3, 0.4) is 0 Å². The van der Waals surface area contributed by atoms with Crippen molar-refractivity contribution in [2.24, 2.45) is 0 Å². The van der Waals surface area contributed by atoms with Crippen molar-refractivity contribution in [2.75, 3.05) is 19.8 Å². The lowest BCUT2D eigenvalue weighted by molar-refractivity contribution is -0.0823. The molecule has 0 spiro atoms. The minimum atomic E-state index is -0.950. The second-order valence-corrected chi connectivity index (χ2v) is 5.32. The lowest BCUT2D eigenvalue weighted by Crippen LogP contribution is -2.46. The predicted octanol–water partition coefficient (Wildman–Crippen LogP) is 3.36. The molecule has 1 aromatic rings. The molecular weight excluding hydrogens is 315 g/mol. The Morgan fingerprint density at radius 1 is 1.47 bits per heavy atom. The molecular formula is C14H16BrFO3. The van der Waals surface area contributed by atoms with Gasteiger partial charge in [-0.05, 0) is 35.0 Å². The number of ketones is 1. The first kappa shape index (κ1) is 14.6. The maximum Gasteiger partial charge on any atom is 0.197 e. The molecule has 0 bridgehead atoms. The minimum absolute atomic E-state index is 0.0738. The molecule has 0 aliphatic carbocycles. The monoisotopic (exact) mass is 330 g/mol. The molecule has 0 radical (unpaired) electrons. The van der Waals surface area contributed by atoms with E-state index < -0.39 is 11.4 Å². The van der Waals surface area contributed by atoms with E-state index in [9.17, 15) is 9.18 Å². The van der Waals surface area contributed by atoms with Crippen molar-refractivity contribution in [1.82, 2.24) is 0 Å². The van der Waals surface area contributed by atoms with Crippen LogP contribution in [0.4, 0.5) is 4.39 Å². The number of Topliss-reactive ketones (excluding diaryl/α,β-unsaturated/α-hetero) is 1. The van der Waals surface area contributed by atoms with E-state index in [0.717, 1.165) is 0 Å². The zero-order valence-electron chi connectivity index (χ0n) is 10.7. The molecule has 104 valence electrons. The second-order valence-electron chi connectivity index (χ2n) is 4.47. The van der Waals surface area contributed by atoms with E-state index in [-0.39, 0.29) is 15.8 Å². The normalized spacial score (nSPS) is 18.3. The summed E-state index contributed by atoms with van der Waals surface area (Å²) in [5, 5.41) is 0. The summed E-state index contributed by atoms with van der Waals surface area (Å²) in [6.45, 7) is 3.17. The Hall–Kier alpha value is -0.780. The third-order valence-electron chi connectivity index (χ3n) is 3.33. The number of halogens is 2. The highest BCUT2D eigenvalue weighted by atomic mass is 79.9. The molecule has 0 N–H and O–H groups in total. The van der Waals surface area contributed by atoms with Gasteiger partial charge >= 0.3 is 0 Å². The molecule has 2 rings (SSSR count). The molecule has 1 aliphatic heterocycles. The van der Waals surface area contributed by atoms with Gasteiger partial charge in [0, 0.05) is 32.7 Å². The second kappa shape index (κ2) is 6.11. The van der Waals surface area contributed by atoms with Gasteiger partial charge in [0.15, 0.2) is 5.78 Å². The van der Waals surface area contributed by atoms with Crippen molar-refractivity contribution in [2.45, 2.75) is 25.4 Å². The van der Waals surface area contributed by atoms with E-state index in [1.807, 2.05) is 6.92 Å². The zero-order chi connectivity index (χ0) is 13.9. The van der Waals surface area contributed by atoms with Gasteiger partial charge < -0.3 is 9.47 Å². The SMILES string of the molecule is CCOC1(C(=O)c2cccc(Br)c2F)CCOCC1. The van der Waals surface area contributed by atoms with Crippen LogP contribution in [0.5, 0.6) is 0 Å².